The van der Waals surface area contributed by atoms with Crippen LogP contribution in [0.4, 0.5) is 8.78 Å². The van der Waals surface area contributed by atoms with Crippen molar-refractivity contribution in [1.82, 2.24) is 9.71 Å². The maximum atomic E-state index is 11.8. The number of H-pyrrole nitrogens is 1. The highest BCUT2D eigenvalue weighted by Gasteiger charge is 2.17. The van der Waals surface area contributed by atoms with E-state index in [2.05, 4.69) is 4.98 Å². The Morgan fingerprint density at radius 3 is 2.67 bits per heavy atom. The van der Waals surface area contributed by atoms with Gasteiger partial charge < -0.3 is 10.1 Å². The topological polar surface area (TPSA) is 82.2 Å². The van der Waals surface area contributed by atoms with E-state index < -0.39 is 23.0 Å². The molecule has 0 aliphatic carbocycles. The minimum Gasteiger partial charge on any atom is -0.390 e. The van der Waals surface area contributed by atoms with Gasteiger partial charge in [-0.3, -0.25) is 0 Å². The second-order valence-electron chi connectivity index (χ2n) is 2.76. The zero-order chi connectivity index (χ0) is 11.5. The molecule has 1 aromatic rings. The van der Waals surface area contributed by atoms with E-state index in [1.807, 2.05) is 0 Å². The van der Waals surface area contributed by atoms with Gasteiger partial charge in [-0.05, 0) is 6.07 Å². The minimum absolute atomic E-state index is 0.174. The van der Waals surface area contributed by atoms with Gasteiger partial charge in [0, 0.05) is 11.9 Å². The molecule has 0 amide bonds. The smallest absolute Gasteiger partial charge is 0.251 e. The lowest BCUT2D eigenvalue weighted by atomic mass is 10.5. The molecule has 0 saturated heterocycles. The fourth-order valence-electron chi connectivity index (χ4n) is 0.921. The van der Waals surface area contributed by atoms with Gasteiger partial charge in [-0.2, -0.15) is 0 Å². The van der Waals surface area contributed by atoms with Crippen molar-refractivity contribution < 1.29 is 22.3 Å². The van der Waals surface area contributed by atoms with Crippen LogP contribution in [0.1, 0.15) is 5.69 Å². The van der Waals surface area contributed by atoms with Crippen LogP contribution in [0.3, 0.4) is 0 Å². The first-order valence-corrected chi connectivity index (χ1v) is 5.50. The van der Waals surface area contributed by atoms with Crippen LogP contribution in [0, 0.1) is 0 Å². The summed E-state index contributed by atoms with van der Waals surface area (Å²) >= 11 is 0. The molecule has 0 atom stereocenters. The predicted molar refractivity (Wildman–Crippen MR) is 47.9 cm³/mol. The number of sulfonamides is 1. The number of alkyl halides is 2. The molecule has 0 spiro atoms. The van der Waals surface area contributed by atoms with Crippen molar-refractivity contribution in [3.05, 3.63) is 18.0 Å². The fraction of sp³-hybridized carbons (Fsp3) is 0.429. The molecule has 8 heteroatoms. The Morgan fingerprint density at radius 2 is 2.20 bits per heavy atom. The monoisotopic (exact) mass is 240 g/mol. The van der Waals surface area contributed by atoms with Crippen molar-refractivity contribution in [2.75, 3.05) is 6.54 Å². The van der Waals surface area contributed by atoms with Crippen LogP contribution in [0.5, 0.6) is 0 Å². The molecule has 0 unspecified atom stereocenters. The number of hydrogen-bond acceptors (Lipinski definition) is 3. The standard InChI is InChI=1S/C7H10F2N2O3S/c8-7(9)3-11-15(13,14)6-1-5(4-12)10-2-6/h1-2,7,10-12H,3-4H2. The largest absolute Gasteiger partial charge is 0.390 e. The van der Waals surface area contributed by atoms with Gasteiger partial charge in [-0.1, -0.05) is 0 Å². The zero-order valence-corrected chi connectivity index (χ0v) is 8.39. The van der Waals surface area contributed by atoms with Crippen molar-refractivity contribution in [3.8, 4) is 0 Å². The molecule has 0 aromatic carbocycles. The summed E-state index contributed by atoms with van der Waals surface area (Å²) in [6, 6.07) is 1.17. The Hall–Kier alpha value is -0.990. The summed E-state index contributed by atoms with van der Waals surface area (Å²) in [5.74, 6) is 0. The molecule has 0 bridgehead atoms. The minimum atomic E-state index is -3.92. The summed E-state index contributed by atoms with van der Waals surface area (Å²) in [4.78, 5) is 2.32. The second kappa shape index (κ2) is 4.69. The maximum Gasteiger partial charge on any atom is 0.251 e. The van der Waals surface area contributed by atoms with E-state index in [-0.39, 0.29) is 11.5 Å². The van der Waals surface area contributed by atoms with Gasteiger partial charge in [0.15, 0.2) is 0 Å². The molecule has 1 heterocycles. The van der Waals surface area contributed by atoms with Gasteiger partial charge in [0.05, 0.1) is 18.0 Å². The molecule has 5 nitrogen and oxygen atoms in total. The Morgan fingerprint density at radius 1 is 1.53 bits per heavy atom. The average molecular weight is 240 g/mol. The highest BCUT2D eigenvalue weighted by molar-refractivity contribution is 7.89. The molecule has 0 radical (unpaired) electrons. The van der Waals surface area contributed by atoms with E-state index in [0.29, 0.717) is 5.69 Å². The highest BCUT2D eigenvalue weighted by Crippen LogP contribution is 2.10. The molecule has 15 heavy (non-hydrogen) atoms. The van der Waals surface area contributed by atoms with Crippen molar-refractivity contribution in [2.24, 2.45) is 0 Å². The van der Waals surface area contributed by atoms with Crippen LogP contribution in [0.15, 0.2) is 17.2 Å². The van der Waals surface area contributed by atoms with Gasteiger partial charge in [0.1, 0.15) is 0 Å². The molecular weight excluding hydrogens is 230 g/mol. The van der Waals surface area contributed by atoms with E-state index >= 15 is 0 Å². The van der Waals surface area contributed by atoms with Crippen LogP contribution in [-0.2, 0) is 16.6 Å². The molecular formula is C7H10F2N2O3S. The molecule has 0 fully saturated rings. The van der Waals surface area contributed by atoms with Gasteiger partial charge in [-0.25, -0.2) is 21.9 Å². The van der Waals surface area contributed by atoms with Gasteiger partial charge in [-0.15, -0.1) is 0 Å². The van der Waals surface area contributed by atoms with E-state index in [1.165, 1.54) is 6.07 Å². The summed E-state index contributed by atoms with van der Waals surface area (Å²) in [7, 11) is -3.92. The number of hydrogen-bond donors (Lipinski definition) is 3. The van der Waals surface area contributed by atoms with Crippen molar-refractivity contribution in [3.63, 3.8) is 0 Å². The molecule has 0 saturated carbocycles. The number of aromatic amines is 1. The second-order valence-corrected chi connectivity index (χ2v) is 4.53. The third-order valence-corrected chi connectivity index (χ3v) is 3.03. The Balaban J connectivity index is 2.77. The summed E-state index contributed by atoms with van der Waals surface area (Å²) < 4.78 is 47.9. The number of aliphatic hydroxyl groups excluding tert-OH is 1. The Kier molecular flexibility index (Phi) is 3.77. The van der Waals surface area contributed by atoms with Gasteiger partial charge in [0.2, 0.25) is 10.0 Å². The molecule has 1 rings (SSSR count). The van der Waals surface area contributed by atoms with Crippen LogP contribution in [0.2, 0.25) is 0 Å². The number of nitrogens with one attached hydrogen (secondary N) is 2. The Bertz CT molecular complexity index is 416. The molecule has 86 valence electrons. The number of halogens is 2. The lowest BCUT2D eigenvalue weighted by Gasteiger charge is -2.02. The number of aliphatic hydroxyl groups is 1. The van der Waals surface area contributed by atoms with Crippen molar-refractivity contribution >= 4 is 10.0 Å². The average Bonchev–Trinajstić information content (AvgIpc) is 2.63. The Labute approximate surface area is 85.2 Å². The van der Waals surface area contributed by atoms with Crippen molar-refractivity contribution in [2.45, 2.75) is 17.9 Å². The van der Waals surface area contributed by atoms with Crippen LogP contribution in [-0.4, -0.2) is 31.5 Å². The van der Waals surface area contributed by atoms with E-state index in [1.54, 1.807) is 4.72 Å². The SMILES string of the molecule is O=S(=O)(NCC(F)F)c1c[nH]c(CO)c1. The van der Waals surface area contributed by atoms with Crippen molar-refractivity contribution in [1.29, 1.82) is 0 Å². The summed E-state index contributed by atoms with van der Waals surface area (Å²) in [6.45, 7) is -1.27. The van der Waals surface area contributed by atoms with Crippen LogP contribution >= 0.6 is 0 Å². The third kappa shape index (κ3) is 3.26. The highest BCUT2D eigenvalue weighted by atomic mass is 32.2. The first kappa shape index (κ1) is 12.1. The maximum absolute atomic E-state index is 11.8. The molecule has 0 aliphatic rings. The lowest BCUT2D eigenvalue weighted by Crippen LogP contribution is -2.28. The van der Waals surface area contributed by atoms with E-state index in [4.69, 9.17) is 5.11 Å². The molecule has 1 aromatic heterocycles. The molecule has 0 aliphatic heterocycles. The predicted octanol–water partition coefficient (Wildman–Crippen LogP) is 0.0504. The van der Waals surface area contributed by atoms with Crippen LogP contribution in [0.25, 0.3) is 0 Å². The van der Waals surface area contributed by atoms with Gasteiger partial charge >= 0.3 is 0 Å². The quantitative estimate of drug-likeness (QED) is 0.680. The first-order valence-electron chi connectivity index (χ1n) is 4.01. The normalized spacial score (nSPS) is 12.3. The van der Waals surface area contributed by atoms with Crippen LogP contribution < -0.4 is 4.72 Å². The number of aromatic nitrogens is 1. The fourth-order valence-corrected chi connectivity index (χ4v) is 1.94. The lowest BCUT2D eigenvalue weighted by molar-refractivity contribution is 0.153. The number of rotatable bonds is 5. The van der Waals surface area contributed by atoms with Gasteiger partial charge in [0.25, 0.3) is 6.43 Å². The van der Waals surface area contributed by atoms with E-state index in [9.17, 15) is 17.2 Å². The summed E-state index contributed by atoms with van der Waals surface area (Å²) in [5, 5.41) is 8.67. The zero-order valence-electron chi connectivity index (χ0n) is 7.57. The molecule has 3 N–H and O–H groups in total. The van der Waals surface area contributed by atoms with E-state index in [0.717, 1.165) is 6.20 Å². The third-order valence-electron chi connectivity index (χ3n) is 1.62. The summed E-state index contributed by atoms with van der Waals surface area (Å²) in [5.41, 5.74) is 0.299. The summed E-state index contributed by atoms with van der Waals surface area (Å²) in [6.07, 6.45) is -1.62. The first-order chi connectivity index (χ1) is 6.95.